The number of pyridine rings is 1. The second-order valence-electron chi connectivity index (χ2n) is 5.80. The average molecular weight is 281 g/mol. The largest absolute Gasteiger partial charge is 0.373 e. The van der Waals surface area contributed by atoms with Gasteiger partial charge in [0.15, 0.2) is 0 Å². The van der Waals surface area contributed by atoms with Crippen LogP contribution in [0.25, 0.3) is 0 Å². The zero-order valence-electron chi connectivity index (χ0n) is 12.8. The van der Waals surface area contributed by atoms with Gasteiger partial charge in [0.05, 0.1) is 0 Å². The molecule has 1 aliphatic rings. The minimum atomic E-state index is 0.502. The van der Waals surface area contributed by atoms with Crippen molar-refractivity contribution in [2.45, 2.75) is 32.4 Å². The van der Waals surface area contributed by atoms with E-state index < -0.39 is 0 Å². The highest BCUT2D eigenvalue weighted by Gasteiger charge is 2.26. The fourth-order valence-corrected chi connectivity index (χ4v) is 3.25. The summed E-state index contributed by atoms with van der Waals surface area (Å²) < 4.78 is 0. The van der Waals surface area contributed by atoms with Crippen molar-refractivity contribution in [3.8, 4) is 0 Å². The number of nitrogens with zero attached hydrogens (tertiary/aromatic N) is 2. The van der Waals surface area contributed by atoms with Crippen molar-refractivity contribution in [2.75, 3.05) is 18.9 Å². The molecule has 1 atom stereocenters. The summed E-state index contributed by atoms with van der Waals surface area (Å²) in [6.45, 7) is 4.32. The first-order valence-electron chi connectivity index (χ1n) is 7.70. The Kier molecular flexibility index (Phi) is 4.20. The molecule has 1 aromatic carbocycles. The molecule has 3 rings (SSSR count). The van der Waals surface area contributed by atoms with Gasteiger partial charge < -0.3 is 5.32 Å². The third-order valence-corrected chi connectivity index (χ3v) is 4.31. The Balaban J connectivity index is 1.79. The van der Waals surface area contributed by atoms with Crippen molar-refractivity contribution < 1.29 is 0 Å². The molecule has 0 bridgehead atoms. The summed E-state index contributed by atoms with van der Waals surface area (Å²) in [5, 5.41) is 3.14. The van der Waals surface area contributed by atoms with E-state index in [0.29, 0.717) is 6.04 Å². The van der Waals surface area contributed by atoms with Crippen LogP contribution in [0.2, 0.25) is 0 Å². The molecule has 2 aromatic rings. The molecule has 1 aromatic heterocycles. The zero-order valence-corrected chi connectivity index (χ0v) is 12.8. The molecule has 2 heterocycles. The van der Waals surface area contributed by atoms with Crippen LogP contribution in [0, 0.1) is 6.92 Å². The van der Waals surface area contributed by atoms with E-state index >= 15 is 0 Å². The molecule has 3 heteroatoms. The predicted molar refractivity (Wildman–Crippen MR) is 87.3 cm³/mol. The van der Waals surface area contributed by atoms with Crippen molar-refractivity contribution >= 4 is 5.82 Å². The van der Waals surface area contributed by atoms with Crippen LogP contribution < -0.4 is 5.32 Å². The van der Waals surface area contributed by atoms with Crippen molar-refractivity contribution in [1.29, 1.82) is 0 Å². The molecular formula is C18H23N3. The number of rotatable bonds is 4. The number of benzene rings is 1. The fraction of sp³-hybridized carbons (Fsp3) is 0.389. The van der Waals surface area contributed by atoms with E-state index in [2.05, 4.69) is 58.5 Å². The quantitative estimate of drug-likeness (QED) is 0.924. The maximum absolute atomic E-state index is 4.55. The minimum absolute atomic E-state index is 0.502. The maximum atomic E-state index is 4.55. The molecule has 110 valence electrons. The number of nitrogens with one attached hydrogen (secondary N) is 1. The van der Waals surface area contributed by atoms with Gasteiger partial charge in [0.2, 0.25) is 0 Å². The lowest BCUT2D eigenvalue weighted by atomic mass is 10.0. The fourth-order valence-electron chi connectivity index (χ4n) is 3.25. The van der Waals surface area contributed by atoms with Crippen LogP contribution in [-0.4, -0.2) is 23.5 Å². The van der Waals surface area contributed by atoms with E-state index in [1.165, 1.54) is 36.1 Å². The zero-order chi connectivity index (χ0) is 14.7. The van der Waals surface area contributed by atoms with Crippen LogP contribution >= 0.6 is 0 Å². The molecule has 0 aliphatic carbocycles. The predicted octanol–water partition coefficient (Wildman–Crippen LogP) is 3.77. The highest BCUT2D eigenvalue weighted by atomic mass is 15.2. The van der Waals surface area contributed by atoms with Gasteiger partial charge >= 0.3 is 0 Å². The molecular weight excluding hydrogens is 258 g/mol. The molecule has 0 saturated carbocycles. The van der Waals surface area contributed by atoms with Crippen LogP contribution in [-0.2, 0) is 6.54 Å². The molecule has 1 fully saturated rings. The summed E-state index contributed by atoms with van der Waals surface area (Å²) in [6.07, 6.45) is 4.53. The van der Waals surface area contributed by atoms with Gasteiger partial charge in [-0.2, -0.15) is 0 Å². The highest BCUT2D eigenvalue weighted by Crippen LogP contribution is 2.33. The average Bonchev–Trinajstić information content (AvgIpc) is 2.96. The van der Waals surface area contributed by atoms with Crippen LogP contribution in [0.3, 0.4) is 0 Å². The molecule has 1 saturated heterocycles. The molecule has 1 N–H and O–H groups in total. The molecule has 0 amide bonds. The molecule has 3 nitrogen and oxygen atoms in total. The Morgan fingerprint density at radius 3 is 2.81 bits per heavy atom. The van der Waals surface area contributed by atoms with Crippen LogP contribution in [0.1, 0.15) is 35.6 Å². The molecule has 0 spiro atoms. The van der Waals surface area contributed by atoms with Crippen molar-refractivity contribution in [2.24, 2.45) is 0 Å². The van der Waals surface area contributed by atoms with Gasteiger partial charge in [0.1, 0.15) is 5.82 Å². The summed E-state index contributed by atoms with van der Waals surface area (Å²) in [6, 6.07) is 13.5. The third-order valence-electron chi connectivity index (χ3n) is 4.31. The molecule has 1 aliphatic heterocycles. The lowest BCUT2D eigenvalue weighted by molar-refractivity contribution is 0.248. The Morgan fingerprint density at radius 2 is 2.10 bits per heavy atom. The van der Waals surface area contributed by atoms with Crippen LogP contribution in [0.5, 0.6) is 0 Å². The Bertz CT molecular complexity index is 595. The van der Waals surface area contributed by atoms with E-state index in [1.54, 1.807) is 0 Å². The SMILES string of the molecule is CNc1ncc([C@H]2CCCN2Cc2ccccc2)cc1C. The Labute approximate surface area is 127 Å². The monoisotopic (exact) mass is 281 g/mol. The standard InChI is InChI=1S/C18H23N3/c1-14-11-16(12-20-18(14)19-2)17-9-6-10-21(17)13-15-7-4-3-5-8-15/h3-5,7-8,11-12,17H,6,9-10,13H2,1-2H3,(H,19,20)/t17-/m1/s1. The van der Waals surface area contributed by atoms with Gasteiger partial charge in [0.25, 0.3) is 0 Å². The summed E-state index contributed by atoms with van der Waals surface area (Å²) in [7, 11) is 1.92. The first-order valence-corrected chi connectivity index (χ1v) is 7.70. The van der Waals surface area contributed by atoms with Crippen LogP contribution in [0.4, 0.5) is 5.82 Å². The topological polar surface area (TPSA) is 28.2 Å². The Morgan fingerprint density at radius 1 is 1.29 bits per heavy atom. The highest BCUT2D eigenvalue weighted by molar-refractivity contribution is 5.44. The first-order chi connectivity index (χ1) is 10.3. The second-order valence-corrected chi connectivity index (χ2v) is 5.80. The lowest BCUT2D eigenvalue weighted by Gasteiger charge is -2.25. The summed E-state index contributed by atoms with van der Waals surface area (Å²) >= 11 is 0. The summed E-state index contributed by atoms with van der Waals surface area (Å²) in [5.74, 6) is 0.978. The van der Waals surface area contributed by atoms with Crippen molar-refractivity contribution in [3.63, 3.8) is 0 Å². The summed E-state index contributed by atoms with van der Waals surface area (Å²) in [4.78, 5) is 7.12. The number of aromatic nitrogens is 1. The molecule has 0 unspecified atom stereocenters. The van der Waals surface area contributed by atoms with Gasteiger partial charge in [-0.05, 0) is 49.1 Å². The molecule has 21 heavy (non-hydrogen) atoms. The number of anilines is 1. The van der Waals surface area contributed by atoms with E-state index in [1.807, 2.05) is 13.2 Å². The van der Waals surface area contributed by atoms with Gasteiger partial charge in [-0.1, -0.05) is 30.3 Å². The Hall–Kier alpha value is -1.87. The van der Waals surface area contributed by atoms with Crippen molar-refractivity contribution in [3.05, 3.63) is 59.3 Å². The van der Waals surface area contributed by atoms with E-state index in [0.717, 1.165) is 12.4 Å². The smallest absolute Gasteiger partial charge is 0.128 e. The van der Waals surface area contributed by atoms with Crippen molar-refractivity contribution in [1.82, 2.24) is 9.88 Å². The number of likely N-dealkylation sites (tertiary alicyclic amines) is 1. The van der Waals surface area contributed by atoms with E-state index in [4.69, 9.17) is 0 Å². The van der Waals surface area contributed by atoms with Gasteiger partial charge in [-0.3, -0.25) is 4.90 Å². The second kappa shape index (κ2) is 6.27. The summed E-state index contributed by atoms with van der Waals surface area (Å²) in [5.41, 5.74) is 3.96. The number of aryl methyl sites for hydroxylation is 1. The maximum Gasteiger partial charge on any atom is 0.128 e. The normalized spacial score (nSPS) is 18.9. The van der Waals surface area contributed by atoms with Gasteiger partial charge in [-0.15, -0.1) is 0 Å². The first kappa shape index (κ1) is 14.1. The van der Waals surface area contributed by atoms with E-state index in [9.17, 15) is 0 Å². The number of hydrogen-bond acceptors (Lipinski definition) is 3. The lowest BCUT2D eigenvalue weighted by Crippen LogP contribution is -2.23. The number of hydrogen-bond donors (Lipinski definition) is 1. The van der Waals surface area contributed by atoms with Crippen LogP contribution in [0.15, 0.2) is 42.6 Å². The van der Waals surface area contributed by atoms with Gasteiger partial charge in [0, 0.05) is 25.8 Å². The third kappa shape index (κ3) is 3.08. The molecule has 0 radical (unpaired) electrons. The van der Waals surface area contributed by atoms with E-state index in [-0.39, 0.29) is 0 Å². The van der Waals surface area contributed by atoms with Gasteiger partial charge in [-0.25, -0.2) is 4.98 Å². The minimum Gasteiger partial charge on any atom is -0.373 e.